The van der Waals surface area contributed by atoms with Gasteiger partial charge in [0.2, 0.25) is 16.3 Å². The molecule has 0 bridgehead atoms. The van der Waals surface area contributed by atoms with Gasteiger partial charge in [-0.3, -0.25) is 34.3 Å². The Hall–Kier alpha value is -11.5. The second kappa shape index (κ2) is 36.1. The summed E-state index contributed by atoms with van der Waals surface area (Å²) in [4.78, 5) is 70.0. The zero-order valence-electron chi connectivity index (χ0n) is 79.1. The molecule has 0 saturated carbocycles. The standard InChI is InChI=1S/3C28H39NO3.4C5H5N.Bk/c3*1-25(2,3)15-13-17(27(7,8)9)23-19(21(15)30)29-20-22(31)16(26(4,5)6)14-18(24(20)32-23)28(10,11)12;4*1-2-4-6-5-3-1;/h3*13-14,30H,1-12H3;4*1-5H;/p-3. The number of hydrogen-bond acceptors (Lipinski definition) is 16. The van der Waals surface area contributed by atoms with Crippen molar-refractivity contribution in [3.8, 4) is 51.6 Å². The summed E-state index contributed by atoms with van der Waals surface area (Å²) in [7, 11) is 0. The van der Waals surface area contributed by atoms with Gasteiger partial charge in [-0.2, -0.15) is 0 Å². The molecule has 17 heteroatoms. The van der Waals surface area contributed by atoms with Crippen LogP contribution in [-0.4, -0.2) is 34.9 Å². The molecule has 0 atom stereocenters. The van der Waals surface area contributed by atoms with Gasteiger partial charge in [-0.05, 0) is 148 Å². The van der Waals surface area contributed by atoms with Crippen LogP contribution in [-0.2, 0) is 65.0 Å². The molecule has 0 amide bonds. The van der Waals surface area contributed by atoms with Crippen LogP contribution in [0.15, 0.2) is 186 Å². The maximum Gasteiger partial charge on any atom is 0.211 e. The van der Waals surface area contributed by atoms with Gasteiger partial charge in [0.15, 0.2) is 51.1 Å². The van der Waals surface area contributed by atoms with Crippen molar-refractivity contribution in [1.29, 1.82) is 0 Å². The molecule has 3 aliphatic heterocycles. The van der Waals surface area contributed by atoms with E-state index in [-0.39, 0.29) is 132 Å². The second-order valence-corrected chi connectivity index (χ2v) is 43.6. The van der Waals surface area contributed by atoms with E-state index in [1.54, 1.807) is 49.6 Å². The normalized spacial score (nSPS) is 12.6. The zero-order valence-corrected chi connectivity index (χ0v) is 81.9. The fourth-order valence-corrected chi connectivity index (χ4v) is 13.6. The topological polar surface area (TPSA) is 250 Å². The van der Waals surface area contributed by atoms with Crippen LogP contribution >= 0.6 is 0 Å². The van der Waals surface area contributed by atoms with Crippen LogP contribution in [0, 0.1) is 0 Å². The smallest absolute Gasteiger partial charge is 0.211 e. The third-order valence-electron chi connectivity index (χ3n) is 20.5. The number of hydrogen-bond donors (Lipinski definition) is 0. The molecule has 0 saturated heterocycles. The third kappa shape index (κ3) is 23.6. The van der Waals surface area contributed by atoms with Gasteiger partial charge in [0.1, 0.15) is 0 Å². The predicted octanol–water partition coefficient (Wildman–Crippen LogP) is 24.0. The summed E-state index contributed by atoms with van der Waals surface area (Å²) in [5.41, 5.74) is 8.42. The fourth-order valence-electron chi connectivity index (χ4n) is 13.6. The van der Waals surface area contributed by atoms with Crippen molar-refractivity contribution in [3.05, 3.63) is 256 Å². The van der Waals surface area contributed by atoms with Crippen LogP contribution in [0.1, 0.15) is 316 Å². The van der Waals surface area contributed by atoms with Crippen LogP contribution in [0.25, 0.3) is 67.7 Å². The van der Waals surface area contributed by atoms with Gasteiger partial charge in [0.05, 0.1) is 16.6 Å². The molecule has 3 aromatic carbocycles. The minimum atomic E-state index is -0.355. The third-order valence-corrected chi connectivity index (χ3v) is 20.5. The summed E-state index contributed by atoms with van der Waals surface area (Å²) in [6, 6.07) is 34.7. The first-order chi connectivity index (χ1) is 54.7. The van der Waals surface area contributed by atoms with E-state index in [1.807, 2.05) is 234 Å². The Bertz CT molecular complexity index is 5050. The Kier molecular flexibility index (Phi) is 29.3. The van der Waals surface area contributed by atoms with E-state index in [2.05, 4.69) is 145 Å². The quantitative estimate of drug-likeness (QED) is 0.128. The van der Waals surface area contributed by atoms with Crippen molar-refractivity contribution < 1.29 is 28.6 Å². The van der Waals surface area contributed by atoms with Crippen LogP contribution in [0.2, 0.25) is 0 Å². The second-order valence-electron chi connectivity index (χ2n) is 43.6. The largest absolute Gasteiger partial charge is 0.871 e. The Morgan fingerprint density at radius 2 is 0.364 bits per heavy atom. The van der Waals surface area contributed by atoms with Crippen molar-refractivity contribution in [2.24, 2.45) is 0 Å². The number of aromatic nitrogens is 7. The fraction of sp³-hybridized carbons (Fsp3) is 0.462. The molecule has 6 aliphatic rings. The van der Waals surface area contributed by atoms with E-state index in [4.69, 9.17) is 28.2 Å². The Morgan fingerprint density at radius 3 is 0.488 bits per heavy atom. The Balaban J connectivity index is 0.000000244. The first-order valence-electron chi connectivity index (χ1n) is 41.7. The van der Waals surface area contributed by atoms with Gasteiger partial charge >= 0.3 is 0 Å². The van der Waals surface area contributed by atoms with E-state index >= 15 is 0 Å². The maximum atomic E-state index is 13.5. The summed E-state index contributed by atoms with van der Waals surface area (Å²) in [5, 5.41) is 40.6. The van der Waals surface area contributed by atoms with Crippen molar-refractivity contribution in [3.63, 3.8) is 0 Å². The molecule has 4 aromatic heterocycles. The molecule has 0 spiro atoms. The van der Waals surface area contributed by atoms with Crippen LogP contribution in [0.3, 0.4) is 0 Å². The van der Waals surface area contributed by atoms with E-state index < -0.39 is 0 Å². The van der Waals surface area contributed by atoms with Crippen molar-refractivity contribution in [1.82, 2.24) is 34.9 Å². The minimum absolute atomic E-state index is 0. The van der Waals surface area contributed by atoms with Crippen molar-refractivity contribution in [2.75, 3.05) is 0 Å². The zero-order chi connectivity index (χ0) is 90.8. The molecule has 3 aliphatic carbocycles. The van der Waals surface area contributed by atoms with Gasteiger partial charge in [0, 0.05) is 99.6 Å². The summed E-state index contributed by atoms with van der Waals surface area (Å²) >= 11 is 0. The number of pyridine rings is 4. The van der Waals surface area contributed by atoms with Gasteiger partial charge < -0.3 is 28.6 Å². The number of rotatable bonds is 0. The van der Waals surface area contributed by atoms with E-state index in [9.17, 15) is 29.7 Å². The van der Waals surface area contributed by atoms with Gasteiger partial charge in [-0.1, -0.05) is 309 Å². The summed E-state index contributed by atoms with van der Waals surface area (Å²) in [6.07, 6.45) is 14.0. The number of nitrogens with zero attached hydrogens (tertiary/aromatic N) is 7. The summed E-state index contributed by atoms with van der Waals surface area (Å²) < 4.78 is 19.5. The SMILES string of the molecule is CC(C)(C)c1cc(C(C)(C)C)c(=O)c2nc3c([O-])c(C(C)(C)C)cc(C(C)(C)C)c3oc1-2.CC(C)(C)c1cc(C(C)(C)C)c(=O)c2nc3c([O-])c(C(C)(C)C)cc(C(C)(C)C)c3oc1-2.CC(C)(C)c1cc(C(C)(C)C)c(=O)c2nc3c([O-])c(C(C)(C)C)cc(C(C)(C)C)c3oc1-2.[Bk].c1ccncc1.c1ccncc1.c1ccncc1.c1ccncc1. The molecular formula is C104H134BkN7O9-3. The first kappa shape index (κ1) is 98.3. The van der Waals surface area contributed by atoms with E-state index in [1.165, 1.54) is 0 Å². The molecule has 13 rings (SSSR count). The minimum Gasteiger partial charge on any atom is -0.871 e. The molecule has 7 aromatic rings. The van der Waals surface area contributed by atoms with Gasteiger partial charge in [-0.15, -0.1) is 0 Å². The Labute approximate surface area is 714 Å². The molecule has 0 N–H and O–H groups in total. The molecule has 651 valence electrons. The first-order valence-corrected chi connectivity index (χ1v) is 41.7. The van der Waals surface area contributed by atoms with Crippen molar-refractivity contribution in [2.45, 2.75) is 314 Å². The summed E-state index contributed by atoms with van der Waals surface area (Å²) in [5.74, 6) is 0.960. The van der Waals surface area contributed by atoms with E-state index in [0.29, 0.717) is 67.4 Å². The van der Waals surface area contributed by atoms with Crippen molar-refractivity contribution >= 4 is 33.3 Å². The molecule has 1 radical (unpaired) electrons. The Morgan fingerprint density at radius 1 is 0.215 bits per heavy atom. The maximum absolute atomic E-state index is 13.5. The van der Waals surface area contributed by atoms with Crippen LogP contribution in [0.5, 0.6) is 17.2 Å². The van der Waals surface area contributed by atoms with Crippen LogP contribution in [0.4, 0.5) is 0 Å². The van der Waals surface area contributed by atoms with Gasteiger partial charge in [0.25, 0.3) is 0 Å². The molecule has 16 nitrogen and oxygen atoms in total. The van der Waals surface area contributed by atoms with Crippen LogP contribution < -0.4 is 31.6 Å². The molecule has 121 heavy (non-hydrogen) atoms. The monoisotopic (exact) mass is 1870 g/mol. The van der Waals surface area contributed by atoms with Gasteiger partial charge in [-0.25, -0.2) is 15.0 Å². The van der Waals surface area contributed by atoms with E-state index in [0.717, 1.165) is 33.4 Å². The molecule has 7 heterocycles. The number of fused-ring (bicyclic) bond motifs is 6. The predicted molar refractivity (Wildman–Crippen MR) is 490 cm³/mol. The molecular weight excluding hydrogens is 1740 g/mol. The average Bonchev–Trinajstić information content (AvgIpc) is 0.732. The summed E-state index contributed by atoms with van der Waals surface area (Å²) in [6.45, 7) is 74.2. The molecule has 0 unspecified atom stereocenters. The molecule has 0 fully saturated rings. The number of benzene rings is 6. The average molecular weight is 1870 g/mol.